The Labute approximate surface area is 538 Å². The lowest BCUT2D eigenvalue weighted by atomic mass is 10.0. The minimum Gasteiger partial charge on any atom is -0.489 e. The molecule has 0 aliphatic rings. The highest BCUT2D eigenvalue weighted by molar-refractivity contribution is 7.01. The molecule has 6 heterocycles. The minimum atomic E-state index is -0.822. The van der Waals surface area contributed by atoms with Crippen LogP contribution in [-0.4, -0.2) is 67.3 Å². The molecule has 6 aromatic carbocycles. The van der Waals surface area contributed by atoms with Crippen molar-refractivity contribution in [1.82, 2.24) is 54.0 Å². The van der Waals surface area contributed by atoms with Crippen molar-refractivity contribution in [3.05, 3.63) is 126 Å². The molecule has 0 radical (unpaired) electrons. The number of fused-ring (bicyclic) bond motifs is 6. The average molecular weight is 1310 g/mol. The van der Waals surface area contributed by atoms with E-state index in [9.17, 15) is 17.6 Å². The Morgan fingerprint density at radius 3 is 0.989 bits per heavy atom. The van der Waals surface area contributed by atoms with E-state index in [2.05, 4.69) is 112 Å². The molecule has 89 heavy (non-hydrogen) atoms. The summed E-state index contributed by atoms with van der Waals surface area (Å²) in [6, 6.07) is 9.70. The van der Waals surface area contributed by atoms with E-state index in [1.807, 2.05) is 39.8 Å². The maximum absolute atomic E-state index is 13.5. The Hall–Kier alpha value is -6.86. The molecular formula is C65H78F4N12O3S5. The molecule has 12 aromatic rings. The van der Waals surface area contributed by atoms with E-state index in [1.165, 1.54) is 119 Å². The van der Waals surface area contributed by atoms with Crippen LogP contribution in [-0.2, 0) is 0 Å². The molecule has 0 atom stereocenters. The molecule has 0 unspecified atom stereocenters. The van der Waals surface area contributed by atoms with Crippen LogP contribution in [0.5, 0.6) is 11.5 Å². The van der Waals surface area contributed by atoms with E-state index in [0.29, 0.717) is 38.8 Å². The Bertz CT molecular complexity index is 3910. The van der Waals surface area contributed by atoms with Crippen LogP contribution in [0.15, 0.2) is 35.0 Å². The summed E-state index contributed by atoms with van der Waals surface area (Å²) in [4.78, 5) is 0. The number of unbranched alkanes of at least 4 members (excludes halogenated alkanes) is 10. The lowest BCUT2D eigenvalue weighted by molar-refractivity contribution is 0.256. The second-order valence-electron chi connectivity index (χ2n) is 22.2. The van der Waals surface area contributed by atoms with Gasteiger partial charge in [-0.15, -0.1) is 0 Å². The van der Waals surface area contributed by atoms with Crippen LogP contribution < -0.4 is 9.47 Å². The predicted octanol–water partition coefficient (Wildman–Crippen LogP) is 19.7. The molecule has 0 N–H and O–H groups in total. The zero-order chi connectivity index (χ0) is 64.5. The number of halogens is 4. The number of aryl methyl sites for hydroxylation is 12. The Balaban J connectivity index is 0.000000160. The second kappa shape index (κ2) is 33.3. The predicted molar refractivity (Wildman–Crippen MR) is 358 cm³/mol. The zero-order valence-corrected chi connectivity index (χ0v) is 57.5. The molecule has 0 bridgehead atoms. The van der Waals surface area contributed by atoms with Gasteiger partial charge in [-0.3, -0.25) is 0 Å². The maximum atomic E-state index is 13.5. The van der Waals surface area contributed by atoms with Crippen molar-refractivity contribution >= 4 is 125 Å². The van der Waals surface area contributed by atoms with Gasteiger partial charge in [0.1, 0.15) is 77.8 Å². The molecule has 6 aromatic heterocycles. The number of hydrogen-bond donors (Lipinski definition) is 0. The zero-order valence-electron chi connectivity index (χ0n) is 53.4. The van der Waals surface area contributed by atoms with Gasteiger partial charge in [0.2, 0.25) is 0 Å². The molecular weight excluding hydrogens is 1230 g/mol. The van der Waals surface area contributed by atoms with Crippen molar-refractivity contribution in [2.24, 2.45) is 0 Å². The fraction of sp³-hybridized carbons (Fsp3) is 0.446. The lowest BCUT2D eigenvalue weighted by Crippen LogP contribution is -2.06. The normalized spacial score (nSPS) is 11.0. The van der Waals surface area contributed by atoms with Gasteiger partial charge in [-0.05, 0) is 158 Å². The fourth-order valence-corrected chi connectivity index (χ4v) is 13.0. The molecule has 0 aliphatic carbocycles. The van der Waals surface area contributed by atoms with Crippen molar-refractivity contribution in [2.75, 3.05) is 13.2 Å². The topological polar surface area (TPSA) is 186 Å². The first kappa shape index (κ1) is 69.6. The third kappa shape index (κ3) is 17.0. The van der Waals surface area contributed by atoms with Gasteiger partial charge < -0.3 is 9.47 Å². The number of aromatic nitrogens is 12. The Morgan fingerprint density at radius 2 is 0.607 bits per heavy atom. The highest BCUT2D eigenvalue weighted by Crippen LogP contribution is 2.41. The summed E-state index contributed by atoms with van der Waals surface area (Å²) in [5, 5.41) is 7.59. The van der Waals surface area contributed by atoms with Crippen LogP contribution in [0.3, 0.4) is 0 Å². The molecule has 12 rings (SSSR count). The van der Waals surface area contributed by atoms with E-state index in [1.54, 1.807) is 20.8 Å². The number of nitrogens with zero attached hydrogens (tertiary/aromatic N) is 12. The summed E-state index contributed by atoms with van der Waals surface area (Å²) >= 11 is 5.77. The van der Waals surface area contributed by atoms with E-state index in [4.69, 9.17) is 9.47 Å². The molecule has 24 heteroatoms. The van der Waals surface area contributed by atoms with Crippen LogP contribution in [0.25, 0.3) is 66.2 Å². The SMILES string of the molecule is CCCCCCCCOc1c(OCCCCCCCC)c(C)c2nsnc2c1C.Cc1c(F)c(C)c2nsnc2c1C.Cc1c(F)c(F)c(C)c2nsnc12.Cc1cc(F)c(C)c2nsnc12.Cc1ccc(C)c2nonc12.Cc1ccc(C)c2nsnc12. The van der Waals surface area contributed by atoms with E-state index in [0.717, 1.165) is 150 Å². The molecule has 0 aliphatic heterocycles. The molecule has 0 fully saturated rings. The molecule has 0 saturated carbocycles. The highest BCUT2D eigenvalue weighted by atomic mass is 32.1. The van der Waals surface area contributed by atoms with Gasteiger partial charge >= 0.3 is 0 Å². The fourth-order valence-electron chi connectivity index (χ4n) is 9.72. The lowest BCUT2D eigenvalue weighted by Gasteiger charge is -2.18. The quantitative estimate of drug-likeness (QED) is 0.0656. The van der Waals surface area contributed by atoms with Gasteiger partial charge in [-0.1, -0.05) is 102 Å². The monoisotopic (exact) mass is 1310 g/mol. The van der Waals surface area contributed by atoms with E-state index < -0.39 is 11.6 Å². The van der Waals surface area contributed by atoms with Crippen LogP contribution >= 0.6 is 58.6 Å². The molecule has 474 valence electrons. The van der Waals surface area contributed by atoms with Crippen LogP contribution in [0.4, 0.5) is 17.6 Å². The van der Waals surface area contributed by atoms with Gasteiger partial charge in [0.15, 0.2) is 23.1 Å². The van der Waals surface area contributed by atoms with Gasteiger partial charge in [0.25, 0.3) is 0 Å². The first-order chi connectivity index (χ1) is 42.7. The van der Waals surface area contributed by atoms with Gasteiger partial charge in [0.05, 0.1) is 71.9 Å². The number of benzene rings is 6. The maximum Gasteiger partial charge on any atom is 0.166 e. The summed E-state index contributed by atoms with van der Waals surface area (Å²) in [5.41, 5.74) is 20.5. The van der Waals surface area contributed by atoms with Crippen molar-refractivity contribution < 1.29 is 31.7 Å². The van der Waals surface area contributed by atoms with Crippen molar-refractivity contribution in [1.29, 1.82) is 0 Å². The number of hydrogen-bond acceptors (Lipinski definition) is 20. The van der Waals surface area contributed by atoms with Crippen molar-refractivity contribution in [3.63, 3.8) is 0 Å². The Kier molecular flexibility index (Phi) is 26.0. The summed E-state index contributed by atoms with van der Waals surface area (Å²) < 4.78 is 112. The smallest absolute Gasteiger partial charge is 0.166 e. The van der Waals surface area contributed by atoms with Gasteiger partial charge in [0, 0.05) is 33.4 Å². The van der Waals surface area contributed by atoms with Crippen LogP contribution in [0, 0.1) is 113 Å². The first-order valence-corrected chi connectivity index (χ1v) is 33.6. The van der Waals surface area contributed by atoms with Crippen molar-refractivity contribution in [3.8, 4) is 11.5 Å². The van der Waals surface area contributed by atoms with Crippen LogP contribution in [0.2, 0.25) is 0 Å². The number of ether oxygens (including phenoxy) is 2. The molecule has 0 spiro atoms. The summed E-state index contributed by atoms with van der Waals surface area (Å²) in [6.07, 6.45) is 15.1. The average Bonchev–Trinajstić information content (AvgIpc) is 2.84. The standard InChI is InChI=1S/C24H40N2O2S.C9H9FN2S.C8H6F2N2S.C8H7FN2S.C8H8N2O.C8H8N2S/c1-5-7-9-11-13-15-17-27-23-19(3)21-22(26-29-25-21)20(4)24(23)28-18-16-14-12-10-8-6-2;1-4-5(2)8-9(12-13-11-8)6(3)7(4)10;1-3-5(9)6(10)4(2)8-7(3)11-13-12-8;1-4-3-6(9)5(2)8-7(4)10-12-11-8;2*1-5-3-4-6(2)8-7(5)9-11-10-8/h5-18H2,1-4H3;1-3H3;1-2H3;3H,1-2H3;2*3-4H,1-2H3. The highest BCUT2D eigenvalue weighted by Gasteiger charge is 2.22. The third-order valence-electron chi connectivity index (χ3n) is 15.6. The molecule has 0 saturated heterocycles. The van der Waals surface area contributed by atoms with E-state index in [-0.39, 0.29) is 22.8 Å². The molecule has 15 nitrogen and oxygen atoms in total. The molecule has 0 amide bonds. The third-order valence-corrected chi connectivity index (χ3v) is 18.2. The first-order valence-electron chi connectivity index (χ1n) is 29.9. The Morgan fingerprint density at radius 1 is 0.315 bits per heavy atom. The van der Waals surface area contributed by atoms with Gasteiger partial charge in [-0.2, -0.15) is 43.7 Å². The summed E-state index contributed by atoms with van der Waals surface area (Å²) in [7, 11) is 0. The van der Waals surface area contributed by atoms with Gasteiger partial charge in [-0.25, -0.2) is 22.2 Å². The minimum absolute atomic E-state index is 0.155. The van der Waals surface area contributed by atoms with Crippen LogP contribution in [0.1, 0.15) is 163 Å². The second-order valence-corrected chi connectivity index (χ2v) is 24.8. The van der Waals surface area contributed by atoms with Crippen molar-refractivity contribution in [2.45, 2.75) is 181 Å². The summed E-state index contributed by atoms with van der Waals surface area (Å²) in [6.45, 7) is 30.2. The van der Waals surface area contributed by atoms with E-state index >= 15 is 0 Å². The summed E-state index contributed by atoms with van der Waals surface area (Å²) in [5.74, 6) is -0.245. The number of rotatable bonds is 16. The largest absolute Gasteiger partial charge is 0.489 e.